The van der Waals surface area contributed by atoms with Gasteiger partial charge in [-0.15, -0.1) is 0 Å². The predicted octanol–water partition coefficient (Wildman–Crippen LogP) is 4.72. The van der Waals surface area contributed by atoms with Gasteiger partial charge in [0.1, 0.15) is 11.5 Å². The summed E-state index contributed by atoms with van der Waals surface area (Å²) in [5.41, 5.74) is 3.18. The average molecular weight is 565 g/mol. The third-order valence-electron chi connectivity index (χ3n) is 7.58. The molecule has 0 aliphatic carbocycles. The molecule has 10 heteroatoms. The Bertz CT molecular complexity index is 1460. The van der Waals surface area contributed by atoms with Crippen molar-refractivity contribution in [3.05, 3.63) is 72.3 Å². The van der Waals surface area contributed by atoms with E-state index in [9.17, 15) is 9.59 Å². The quantitative estimate of drug-likeness (QED) is 0.451. The number of hydrogen-bond acceptors (Lipinski definition) is 6. The van der Waals surface area contributed by atoms with E-state index in [0.717, 1.165) is 0 Å². The molecule has 41 heavy (non-hydrogen) atoms. The molecule has 0 aromatic heterocycles. The largest absolute Gasteiger partial charge is 0.495 e. The lowest BCUT2D eigenvalue weighted by Gasteiger charge is -2.37. The molecule has 2 aliphatic rings. The predicted molar refractivity (Wildman–Crippen MR) is 163 cm³/mol. The van der Waals surface area contributed by atoms with Crippen LogP contribution in [-0.4, -0.2) is 88.3 Å². The van der Waals surface area contributed by atoms with Crippen molar-refractivity contribution in [3.63, 3.8) is 0 Å². The fourth-order valence-corrected chi connectivity index (χ4v) is 5.21. The molecule has 0 unspecified atom stereocenters. The molecule has 2 heterocycles. The van der Waals surface area contributed by atoms with E-state index in [1.807, 2.05) is 28.9 Å². The minimum atomic E-state index is -2.56. The minimum Gasteiger partial charge on any atom is -0.495 e. The molecule has 4 amide bonds. The summed E-state index contributed by atoms with van der Waals surface area (Å²) in [6, 6.07) is 18.7. The van der Waals surface area contributed by atoms with E-state index in [4.69, 9.17) is 17.7 Å². The molecule has 2 aliphatic heterocycles. The number of hydrogen-bond donors (Lipinski definition) is 2. The molecule has 5 rings (SSSR count). The van der Waals surface area contributed by atoms with Crippen LogP contribution in [0, 0.1) is 6.92 Å². The highest BCUT2D eigenvalue weighted by Gasteiger charge is 2.25. The fourth-order valence-electron chi connectivity index (χ4n) is 5.21. The molecular formula is C31H38N6O4. The number of carbonyl (C=O) groups excluding carboxylic acids is 2. The van der Waals surface area contributed by atoms with Gasteiger partial charge in [-0.1, -0.05) is 30.3 Å². The molecular weight excluding hydrogens is 520 g/mol. The SMILES string of the molecule is [2H]C([2H])([2H])Oc1ccccc1N1CCN(C(=O)Nc2cccc(NC(=O)N3CCN(c4ccccc4OC([2H])([2H])[2H])CC3)c2C)CC1. The van der Waals surface area contributed by atoms with Gasteiger partial charge in [0.25, 0.3) is 0 Å². The fraction of sp³-hybridized carbons (Fsp3) is 0.355. The maximum absolute atomic E-state index is 13.2. The van der Waals surface area contributed by atoms with Crippen LogP contribution >= 0.6 is 0 Å². The van der Waals surface area contributed by atoms with Crippen LogP contribution in [0.15, 0.2) is 66.7 Å². The Kier molecular flexibility index (Phi) is 6.57. The first-order chi connectivity index (χ1) is 22.3. The second-order valence-electron chi connectivity index (χ2n) is 9.93. The number of carbonyl (C=O) groups is 2. The monoisotopic (exact) mass is 564 g/mol. The van der Waals surface area contributed by atoms with Crippen molar-refractivity contribution >= 4 is 34.8 Å². The zero-order chi connectivity index (χ0) is 33.8. The van der Waals surface area contributed by atoms with Crippen LogP contribution in [0.4, 0.5) is 32.3 Å². The van der Waals surface area contributed by atoms with E-state index in [0.29, 0.717) is 80.7 Å². The molecule has 3 aromatic carbocycles. The lowest BCUT2D eigenvalue weighted by molar-refractivity contribution is 0.207. The zero-order valence-electron chi connectivity index (χ0n) is 28.9. The smallest absolute Gasteiger partial charge is 0.321 e. The van der Waals surface area contributed by atoms with E-state index >= 15 is 0 Å². The molecule has 2 N–H and O–H groups in total. The van der Waals surface area contributed by atoms with E-state index in [-0.39, 0.29) is 23.6 Å². The topological polar surface area (TPSA) is 89.6 Å². The minimum absolute atomic E-state index is 0.271. The molecule has 0 atom stereocenters. The number of nitrogens with zero attached hydrogens (tertiary/aromatic N) is 4. The van der Waals surface area contributed by atoms with Crippen molar-refractivity contribution < 1.29 is 27.3 Å². The van der Waals surface area contributed by atoms with Crippen molar-refractivity contribution in [1.29, 1.82) is 0 Å². The van der Waals surface area contributed by atoms with Crippen LogP contribution in [0.5, 0.6) is 11.5 Å². The number of rotatable bonds is 6. The van der Waals surface area contributed by atoms with Gasteiger partial charge in [0.15, 0.2) is 0 Å². The summed E-state index contributed by atoms with van der Waals surface area (Å²) in [5, 5.41) is 5.92. The van der Waals surface area contributed by atoms with Gasteiger partial charge in [0, 0.05) is 63.7 Å². The lowest BCUT2D eigenvalue weighted by atomic mass is 10.1. The molecule has 0 spiro atoms. The molecule has 0 bridgehead atoms. The molecule has 3 aromatic rings. The molecule has 10 nitrogen and oxygen atoms in total. The Hall–Kier alpha value is -4.60. The van der Waals surface area contributed by atoms with E-state index < -0.39 is 14.1 Å². The van der Waals surface area contributed by atoms with Gasteiger partial charge < -0.3 is 39.7 Å². The van der Waals surface area contributed by atoms with Crippen LogP contribution in [0.25, 0.3) is 0 Å². The van der Waals surface area contributed by atoms with E-state index in [2.05, 4.69) is 10.6 Å². The third kappa shape index (κ3) is 6.26. The van der Waals surface area contributed by atoms with Crippen LogP contribution in [-0.2, 0) is 0 Å². The van der Waals surface area contributed by atoms with Gasteiger partial charge >= 0.3 is 12.1 Å². The standard InChI is InChI=1S/C31H38N6O4/c1-23-24(32-30(38)36-19-15-34(16-20-36)26-11-4-6-13-28(26)40-2)9-8-10-25(23)33-31(39)37-21-17-35(18-22-37)27-12-5-7-14-29(27)41-3/h4-14H,15-22H2,1-3H3,(H,32,38)(H,33,39)/i2D3,3D3. The van der Waals surface area contributed by atoms with Gasteiger partial charge in [-0.25, -0.2) is 9.59 Å². The summed E-state index contributed by atoms with van der Waals surface area (Å²) < 4.78 is 55.0. The maximum atomic E-state index is 13.2. The molecule has 2 saturated heterocycles. The van der Waals surface area contributed by atoms with Gasteiger partial charge in [-0.3, -0.25) is 0 Å². The first kappa shape index (κ1) is 21.2. The van der Waals surface area contributed by atoms with Gasteiger partial charge in [0.05, 0.1) is 33.7 Å². The first-order valence-electron chi connectivity index (χ1n) is 16.5. The number of piperazine rings is 2. The van der Waals surface area contributed by atoms with Crippen LogP contribution in [0.2, 0.25) is 0 Å². The molecule has 0 radical (unpaired) electrons. The number of amides is 4. The highest BCUT2D eigenvalue weighted by molar-refractivity contribution is 5.95. The van der Waals surface area contributed by atoms with E-state index in [1.165, 1.54) is 0 Å². The van der Waals surface area contributed by atoms with Gasteiger partial charge in [-0.2, -0.15) is 0 Å². The van der Waals surface area contributed by atoms with Crippen LogP contribution in [0.1, 0.15) is 13.8 Å². The Balaban J connectivity index is 1.14. The van der Waals surface area contributed by atoms with Gasteiger partial charge in [0.2, 0.25) is 0 Å². The summed E-state index contributed by atoms with van der Waals surface area (Å²) >= 11 is 0. The third-order valence-corrected chi connectivity index (χ3v) is 7.58. The normalized spacial score (nSPS) is 18.2. The number of para-hydroxylation sites is 4. The molecule has 216 valence electrons. The van der Waals surface area contributed by atoms with Crippen molar-refractivity contribution in [2.45, 2.75) is 6.92 Å². The highest BCUT2D eigenvalue weighted by Crippen LogP contribution is 2.30. The van der Waals surface area contributed by atoms with Crippen LogP contribution < -0.4 is 29.9 Å². The summed E-state index contributed by atoms with van der Waals surface area (Å²) in [5.74, 6) is 0.542. The second-order valence-corrected chi connectivity index (χ2v) is 9.93. The number of ether oxygens (including phenoxy) is 2. The number of urea groups is 2. The van der Waals surface area contributed by atoms with Gasteiger partial charge in [-0.05, 0) is 48.9 Å². The number of methoxy groups -OCH3 is 2. The number of anilines is 4. The molecule has 0 saturated carbocycles. The highest BCUT2D eigenvalue weighted by atomic mass is 16.5. The summed E-state index contributed by atoms with van der Waals surface area (Å²) in [6.45, 7) is 5.48. The summed E-state index contributed by atoms with van der Waals surface area (Å²) in [6.07, 6.45) is 0. The first-order valence-corrected chi connectivity index (χ1v) is 13.5. The summed E-state index contributed by atoms with van der Waals surface area (Å²) in [4.78, 5) is 33.8. The Morgan fingerprint density at radius 2 is 1.05 bits per heavy atom. The average Bonchev–Trinajstić information content (AvgIpc) is 3.02. The second kappa shape index (κ2) is 12.7. The number of benzene rings is 3. The Labute approximate surface area is 249 Å². The van der Waals surface area contributed by atoms with Crippen molar-refractivity contribution in [3.8, 4) is 11.5 Å². The van der Waals surface area contributed by atoms with E-state index in [1.54, 1.807) is 64.4 Å². The number of nitrogens with one attached hydrogen (secondary N) is 2. The lowest BCUT2D eigenvalue weighted by Crippen LogP contribution is -2.50. The van der Waals surface area contributed by atoms with Crippen LogP contribution in [0.3, 0.4) is 0 Å². The Morgan fingerprint density at radius 3 is 1.46 bits per heavy atom. The Morgan fingerprint density at radius 1 is 0.634 bits per heavy atom. The maximum Gasteiger partial charge on any atom is 0.321 e. The zero-order valence-corrected chi connectivity index (χ0v) is 22.9. The van der Waals surface area contributed by atoms with Crippen molar-refractivity contribution in [2.75, 3.05) is 86.9 Å². The van der Waals surface area contributed by atoms with Crippen molar-refractivity contribution in [1.82, 2.24) is 9.80 Å². The summed E-state index contributed by atoms with van der Waals surface area (Å²) in [7, 11) is -5.13. The molecule has 2 fully saturated rings. The van der Waals surface area contributed by atoms with Crippen molar-refractivity contribution in [2.24, 2.45) is 0 Å².